The van der Waals surface area contributed by atoms with Gasteiger partial charge >= 0.3 is 0 Å². The van der Waals surface area contributed by atoms with Crippen LogP contribution in [-0.2, 0) is 56.1 Å². The summed E-state index contributed by atoms with van der Waals surface area (Å²) in [5.74, 6) is 8.46. The van der Waals surface area contributed by atoms with E-state index in [9.17, 15) is 22.8 Å². The van der Waals surface area contributed by atoms with Crippen molar-refractivity contribution in [3.63, 3.8) is 0 Å². The van der Waals surface area contributed by atoms with Gasteiger partial charge in [-0.15, -0.1) is 9.32 Å². The quantitative estimate of drug-likeness (QED) is 0.00492. The minimum atomic E-state index is -0.442. The molecule has 2 amide bonds. The maximum Gasteiger partial charge on any atom is 0.248 e. The summed E-state index contributed by atoms with van der Waals surface area (Å²) in [6, 6.07) is 82.9. The number of fused-ring (bicyclic) bond motifs is 1. The average Bonchev–Trinajstić information content (AvgIpc) is 0.856. The first-order valence-corrected chi connectivity index (χ1v) is 46.1. The highest BCUT2D eigenvalue weighted by molar-refractivity contribution is 7.94. The summed E-state index contributed by atoms with van der Waals surface area (Å²) in [6.07, 6.45) is 3.71. The van der Waals surface area contributed by atoms with E-state index < -0.39 is 11.7 Å². The van der Waals surface area contributed by atoms with Crippen LogP contribution in [0.4, 0.5) is 18.9 Å². The molecule has 13 aromatic carbocycles. The highest BCUT2D eigenvalue weighted by Gasteiger charge is 2.10. The zero-order chi connectivity index (χ0) is 110. The molecule has 1 aromatic heterocycles. The molecule has 0 radical (unpaired) electrons. The Balaban J connectivity index is 0.000000535. The standard InChI is InChI=1S/C10H9N.2C9H12N2O.C9H10N2.C9H13NO2S.3C8H9FN2.C8H11N3.C8H12N2O2S.C8H10N2O.C8H9NO.C8H11N/c1-8-2-3-9-4-5-11-7-10(9)6-8;1-7-4-3-5-8(6-7)9(10)11-12-2;1-6-4-7(5-10)2-3-8(6)9(11)12;1-7-5-8(6-10)3-4-9(7)11-2;1-7-5-8(6-10)3-4-9(7)13-12-11-2;1-5-2-6(8(10)11)4-7(9)3-5;1-5-4-6(8(10)11)2-3-7(5)9;1-5-2-3-7(9)6(4-5)8(10)11;1-6-3-2-4-7(5-6)8(9)11-10;1-6-4-7(5-9)2-3-8(6)13-12-11-10;1-6-3-2-4-7(5-6)8(9)10-11;1-6-3-2-4-7(5-6)8(9)10;1-7-3-2-4-8(5-7)6-9/h2-7H,1H3;3-6H,1-2H3,(H2,10,11);2-4H,5,10H2,1H3,(H2,11,12);3-5H,6,10H2,1H3;3-5H,6,10H2,1-2H3;3*2-4H,1H3,(H3,10,11);2-5H,10H2,1H3,(H2,9,11);2-4H,5,9-10H2,1H3;2-5,11H,1H3,(H2,9,10);2-5H,1H3,(H2,9,10);2-5H,6,9H2,1H3. The number of halogens is 3. The lowest BCUT2D eigenvalue weighted by Crippen LogP contribution is -2.15. The van der Waals surface area contributed by atoms with Gasteiger partial charge in [-0.3, -0.25) is 30.8 Å². The molecule has 14 aromatic rings. The maximum absolute atomic E-state index is 12.8. The molecule has 0 unspecified atom stereocenters. The van der Waals surface area contributed by atoms with Crippen molar-refractivity contribution in [3.05, 3.63) is 459 Å². The molecular weight excluding hydrogens is 1890 g/mol. The van der Waals surface area contributed by atoms with Gasteiger partial charge < -0.3 is 90.4 Å². The van der Waals surface area contributed by atoms with Crippen LogP contribution >= 0.6 is 24.1 Å². The van der Waals surface area contributed by atoms with Gasteiger partial charge in [0.2, 0.25) is 11.8 Å². The largest absolute Gasteiger partial charge is 0.409 e. The molecule has 14 rings (SSSR count). The number of nitrogens with two attached hydrogens (primary N) is 15. The third-order valence-electron chi connectivity index (χ3n) is 19.7. The number of hydrogen-bond acceptors (Lipinski definition) is 24. The number of aromatic nitrogens is 1. The van der Waals surface area contributed by atoms with Crippen molar-refractivity contribution >= 4 is 87.4 Å². The Morgan fingerprint density at radius 2 is 0.808 bits per heavy atom. The zero-order valence-electron chi connectivity index (χ0n) is 84.8. The molecule has 0 aliphatic carbocycles. The number of aryl methyl sites for hydroxylation is 13. The number of nitrogens with zero attached hydrogens (tertiary/aromatic N) is 5. The van der Waals surface area contributed by atoms with E-state index in [1.807, 2.05) is 238 Å². The fourth-order valence-corrected chi connectivity index (χ4v) is 13.1. The molecule has 0 saturated carbocycles. The SMILES string of the molecule is CON=C(N)c1cccc(C)c1.COOSc1ccc(CN)cc1C.Cc1cc(C(=N)N)ccc1F.Cc1cc(CN)ccc1C(N)=O.Cc1cc(CN)ccc1SOON.Cc1cc(F)cc(C(=N)N)c1.Cc1ccc(F)c(C(=N)N)c1.Cc1ccc2ccncc2c1.Cc1cccc(C(N)=NN)c1.Cc1cccc(C(N)=NO)c1.Cc1cccc(C(N)=O)c1.Cc1cccc(CN)c1.[C-]#[N+]c1ccc(CN)cc1C. The van der Waals surface area contributed by atoms with Gasteiger partial charge in [0, 0.05) is 99.2 Å². The molecule has 0 bridgehead atoms. The fraction of sp³-hybridized carbons (Fsp3) is 0.182. The molecule has 772 valence electrons. The van der Waals surface area contributed by atoms with E-state index >= 15 is 0 Å². The molecule has 34 N–H and O–H groups in total. The second-order valence-electron chi connectivity index (χ2n) is 32.0. The van der Waals surface area contributed by atoms with Crippen LogP contribution < -0.4 is 86.3 Å². The average molecular weight is 2030 g/mol. The van der Waals surface area contributed by atoms with Gasteiger partial charge in [-0.2, -0.15) is 15.3 Å². The number of amides is 2. The van der Waals surface area contributed by atoms with Gasteiger partial charge in [-0.05, 0) is 266 Å². The monoisotopic (exact) mass is 2030 g/mol. The summed E-state index contributed by atoms with van der Waals surface area (Å²) in [6.45, 7) is 34.6. The van der Waals surface area contributed by atoms with Crippen LogP contribution in [0.3, 0.4) is 0 Å². The third-order valence-corrected chi connectivity index (χ3v) is 21.4. The number of rotatable bonds is 20. The molecule has 0 atom stereocenters. The number of nitrogen functional groups attached to an aromatic ring is 3. The normalized spacial score (nSPS) is 10.2. The van der Waals surface area contributed by atoms with Crippen LogP contribution in [0.15, 0.2) is 311 Å². The Bertz CT molecular complexity index is 6510. The van der Waals surface area contributed by atoms with E-state index in [2.05, 4.69) is 88.5 Å². The highest BCUT2D eigenvalue weighted by Crippen LogP contribution is 2.26. The van der Waals surface area contributed by atoms with Gasteiger partial charge in [0.15, 0.2) is 17.4 Å². The lowest BCUT2D eigenvalue weighted by Gasteiger charge is -2.04. The van der Waals surface area contributed by atoms with E-state index in [1.165, 1.54) is 84.1 Å². The summed E-state index contributed by atoms with van der Waals surface area (Å²) in [5, 5.41) is 41.8. The second kappa shape index (κ2) is 69.8. The number of amidine groups is 6. The first kappa shape index (κ1) is 126. The number of carbonyl (C=O) groups is 2. The minimum Gasteiger partial charge on any atom is -0.409 e. The molecular formula is C110H136F3N23O8S2. The number of hydrogen-bond donors (Lipinski definition) is 19. The van der Waals surface area contributed by atoms with Crippen LogP contribution in [0, 0.1) is 130 Å². The Labute approximate surface area is 862 Å². The summed E-state index contributed by atoms with van der Waals surface area (Å²) in [7, 11) is 2.96. The number of hydrazone groups is 1. The smallest absolute Gasteiger partial charge is 0.248 e. The minimum absolute atomic E-state index is 0.0342. The van der Waals surface area contributed by atoms with E-state index in [4.69, 9.17) is 119 Å². The predicted octanol–water partition coefficient (Wildman–Crippen LogP) is 18.1. The van der Waals surface area contributed by atoms with Crippen molar-refractivity contribution < 1.29 is 51.3 Å². The molecule has 36 heteroatoms. The van der Waals surface area contributed by atoms with E-state index in [1.54, 1.807) is 62.4 Å². The fourth-order valence-electron chi connectivity index (χ4n) is 12.2. The molecule has 0 saturated heterocycles. The highest BCUT2D eigenvalue weighted by atomic mass is 32.2. The number of pyridine rings is 1. The van der Waals surface area contributed by atoms with Crippen LogP contribution in [-0.4, -0.2) is 71.2 Å². The Morgan fingerprint density at radius 1 is 0.384 bits per heavy atom. The molecule has 1 heterocycles. The summed E-state index contributed by atoms with van der Waals surface area (Å²) in [5.41, 5.74) is 93.7. The molecule has 146 heavy (non-hydrogen) atoms. The van der Waals surface area contributed by atoms with Gasteiger partial charge in [-0.1, -0.05) is 213 Å². The van der Waals surface area contributed by atoms with Crippen molar-refractivity contribution in [2.45, 2.75) is 133 Å². The van der Waals surface area contributed by atoms with Crippen molar-refractivity contribution in [2.75, 3.05) is 14.2 Å². The first-order valence-electron chi connectivity index (χ1n) is 44.7. The Morgan fingerprint density at radius 3 is 1.21 bits per heavy atom. The number of carbonyl (C=O) groups excluding carboxylic acids is 2. The van der Waals surface area contributed by atoms with Gasteiger partial charge in [-0.25, -0.2) is 22.9 Å². The molecule has 0 spiro atoms. The zero-order valence-corrected chi connectivity index (χ0v) is 86.5. The van der Waals surface area contributed by atoms with Crippen LogP contribution in [0.2, 0.25) is 0 Å². The number of primary amides is 2. The Hall–Kier alpha value is -16.0. The van der Waals surface area contributed by atoms with E-state index in [0.717, 1.165) is 116 Å². The lowest BCUT2D eigenvalue weighted by molar-refractivity contribution is -0.195. The van der Waals surface area contributed by atoms with E-state index in [-0.39, 0.29) is 46.4 Å². The third kappa shape index (κ3) is 50.1. The van der Waals surface area contributed by atoms with Crippen molar-refractivity contribution in [2.24, 2.45) is 102 Å². The first-order chi connectivity index (χ1) is 69.4. The van der Waals surface area contributed by atoms with E-state index in [0.29, 0.717) is 77.9 Å². The number of nitrogens with one attached hydrogen (secondary N) is 3. The molecule has 0 aliphatic heterocycles. The maximum atomic E-state index is 12.8. The van der Waals surface area contributed by atoms with Crippen LogP contribution in [0.1, 0.15) is 154 Å². The lowest BCUT2D eigenvalue weighted by atomic mass is 10.0. The van der Waals surface area contributed by atoms with Crippen LogP contribution in [0.5, 0.6) is 0 Å². The number of benzene rings is 13. The van der Waals surface area contributed by atoms with Crippen LogP contribution in [0.25, 0.3) is 15.6 Å². The summed E-state index contributed by atoms with van der Waals surface area (Å²) >= 11 is 2.28. The second-order valence-corrected chi connectivity index (χ2v) is 33.4. The molecule has 31 nitrogen and oxygen atoms in total. The molecule has 0 fully saturated rings. The van der Waals surface area contributed by atoms with Gasteiger partial charge in [0.25, 0.3) is 0 Å². The van der Waals surface area contributed by atoms with Crippen molar-refractivity contribution in [1.82, 2.24) is 4.98 Å². The topological polar surface area (TPSA) is 617 Å². The van der Waals surface area contributed by atoms with Gasteiger partial charge in [0.1, 0.15) is 47.9 Å². The van der Waals surface area contributed by atoms with Crippen molar-refractivity contribution in [1.29, 1.82) is 16.2 Å². The van der Waals surface area contributed by atoms with Crippen molar-refractivity contribution in [3.8, 4) is 0 Å². The Kier molecular flexibility index (Phi) is 60.3. The molecule has 0 aliphatic rings. The predicted molar refractivity (Wildman–Crippen MR) is 588 cm³/mol. The summed E-state index contributed by atoms with van der Waals surface area (Å²) in [4.78, 5) is 43.9. The summed E-state index contributed by atoms with van der Waals surface area (Å²) < 4.78 is 47.4. The van der Waals surface area contributed by atoms with Gasteiger partial charge in [0.05, 0.1) is 43.3 Å². The number of oxime groups is 2.